The number of aliphatic hydroxyl groups excluding tert-OH is 1. The molecule has 0 bridgehead atoms. The first-order valence-corrected chi connectivity index (χ1v) is 0.447. The molecule has 0 unspecified atom stereocenters. The standard InChI is InChI=1S/CH4O.ClH.Ni/c1-2;;/h2H,1H3;1H;. The van der Waals surface area contributed by atoms with Gasteiger partial charge in [0.25, 0.3) is 0 Å². The molecule has 1 nitrogen and oxygen atoms in total. The van der Waals surface area contributed by atoms with Crippen LogP contribution in [0.4, 0.5) is 0 Å². The molecule has 4 heavy (non-hydrogen) atoms. The van der Waals surface area contributed by atoms with Crippen LogP contribution in [-0.4, -0.2) is 12.2 Å². The van der Waals surface area contributed by atoms with Crippen LogP contribution in [0, 0.1) is 0 Å². The minimum Gasteiger partial charge on any atom is -0.400 e. The normalized spacial score (nSPS) is 1.50. The molecular formula is CH5ClNiO. The molecule has 0 spiro atoms. The van der Waals surface area contributed by atoms with E-state index in [4.69, 9.17) is 5.11 Å². The first kappa shape index (κ1) is 21.9. The molecule has 0 aliphatic carbocycles. The van der Waals surface area contributed by atoms with E-state index in [2.05, 4.69) is 0 Å². The van der Waals surface area contributed by atoms with Crippen molar-refractivity contribution in [2.75, 3.05) is 7.11 Å². The van der Waals surface area contributed by atoms with Crippen molar-refractivity contribution < 1.29 is 21.6 Å². The van der Waals surface area contributed by atoms with Crippen LogP contribution in [-0.2, 0) is 16.5 Å². The Hall–Kier alpha value is 0.744. The Balaban J connectivity index is -0.00000000500. The molecular weight excluding hydrogens is 122 g/mol. The van der Waals surface area contributed by atoms with E-state index in [0.29, 0.717) is 0 Å². The van der Waals surface area contributed by atoms with E-state index < -0.39 is 0 Å². The number of aliphatic hydroxyl groups is 1. The maximum absolute atomic E-state index is 7.00. The van der Waals surface area contributed by atoms with Gasteiger partial charge in [-0.05, 0) is 0 Å². The van der Waals surface area contributed by atoms with E-state index in [1.54, 1.807) is 0 Å². The van der Waals surface area contributed by atoms with Crippen LogP contribution in [0.25, 0.3) is 0 Å². The average Bonchev–Trinajstić information content (AvgIpc) is 1.00. The number of hydrogen-bond acceptors (Lipinski definition) is 1. The van der Waals surface area contributed by atoms with Gasteiger partial charge in [0.2, 0.25) is 0 Å². The van der Waals surface area contributed by atoms with E-state index in [1.165, 1.54) is 0 Å². The average molecular weight is 127 g/mol. The SMILES string of the molecule is CO.Cl.[Ni]. The van der Waals surface area contributed by atoms with Crippen LogP contribution in [0.3, 0.4) is 0 Å². The van der Waals surface area contributed by atoms with Crippen molar-refractivity contribution in [3.63, 3.8) is 0 Å². The fraction of sp³-hybridized carbons (Fsp3) is 1.00. The second-order valence-corrected chi connectivity index (χ2v) is 0. The zero-order valence-electron chi connectivity index (χ0n) is 2.17. The molecule has 0 amide bonds. The van der Waals surface area contributed by atoms with Gasteiger partial charge in [-0.25, -0.2) is 0 Å². The molecule has 0 aliphatic rings. The molecule has 0 saturated heterocycles. The van der Waals surface area contributed by atoms with Crippen molar-refractivity contribution in [1.82, 2.24) is 0 Å². The summed E-state index contributed by atoms with van der Waals surface area (Å²) in [6, 6.07) is 0. The molecule has 0 fully saturated rings. The third-order valence-corrected chi connectivity index (χ3v) is 0. The summed E-state index contributed by atoms with van der Waals surface area (Å²) in [5, 5.41) is 7.00. The predicted octanol–water partition coefficient (Wildman–Crippen LogP) is 0.0278. The van der Waals surface area contributed by atoms with Crippen LogP contribution in [0.1, 0.15) is 0 Å². The predicted molar refractivity (Wildman–Crippen MR) is 15.4 cm³/mol. The van der Waals surface area contributed by atoms with Crippen LogP contribution in [0.15, 0.2) is 0 Å². The molecule has 0 aromatic carbocycles. The molecule has 3 heteroatoms. The topological polar surface area (TPSA) is 20.2 Å². The van der Waals surface area contributed by atoms with Gasteiger partial charge in [0.05, 0.1) is 0 Å². The quantitative estimate of drug-likeness (QED) is 0.455. The minimum atomic E-state index is 0. The summed E-state index contributed by atoms with van der Waals surface area (Å²) in [6.45, 7) is 0. The second kappa shape index (κ2) is 51.0. The molecule has 0 aromatic heterocycles. The molecule has 32 valence electrons. The molecule has 0 aromatic rings. The molecule has 0 aliphatic heterocycles. The van der Waals surface area contributed by atoms with Gasteiger partial charge >= 0.3 is 0 Å². The third kappa shape index (κ3) is 15.1. The Morgan fingerprint density at radius 1 is 1.25 bits per heavy atom. The Morgan fingerprint density at radius 2 is 1.25 bits per heavy atom. The van der Waals surface area contributed by atoms with Gasteiger partial charge in [0, 0.05) is 23.6 Å². The Bertz CT molecular complexity index is 8.00. The zero-order chi connectivity index (χ0) is 2.00. The largest absolute Gasteiger partial charge is 0.400 e. The monoisotopic (exact) mass is 126 g/mol. The van der Waals surface area contributed by atoms with E-state index in [-0.39, 0.29) is 28.9 Å². The maximum Gasteiger partial charge on any atom is 0.0319 e. The van der Waals surface area contributed by atoms with Crippen molar-refractivity contribution in [1.29, 1.82) is 0 Å². The smallest absolute Gasteiger partial charge is 0.0319 e. The molecule has 0 rings (SSSR count). The summed E-state index contributed by atoms with van der Waals surface area (Å²) in [6.07, 6.45) is 0. The van der Waals surface area contributed by atoms with Crippen molar-refractivity contribution in [3.8, 4) is 0 Å². The van der Waals surface area contributed by atoms with Gasteiger partial charge in [0.1, 0.15) is 0 Å². The van der Waals surface area contributed by atoms with Crippen LogP contribution in [0.2, 0.25) is 0 Å². The summed E-state index contributed by atoms with van der Waals surface area (Å²) in [4.78, 5) is 0. The van der Waals surface area contributed by atoms with Crippen molar-refractivity contribution in [2.45, 2.75) is 0 Å². The Kier molecular flexibility index (Phi) is 279. The van der Waals surface area contributed by atoms with E-state index >= 15 is 0 Å². The number of hydrogen-bond donors (Lipinski definition) is 1. The van der Waals surface area contributed by atoms with Gasteiger partial charge in [-0.15, -0.1) is 12.4 Å². The summed E-state index contributed by atoms with van der Waals surface area (Å²) < 4.78 is 0. The summed E-state index contributed by atoms with van der Waals surface area (Å²) in [7, 11) is 1.00. The van der Waals surface area contributed by atoms with Gasteiger partial charge in [-0.3, -0.25) is 0 Å². The van der Waals surface area contributed by atoms with Gasteiger partial charge in [0.15, 0.2) is 0 Å². The maximum atomic E-state index is 7.00. The van der Waals surface area contributed by atoms with Crippen LogP contribution in [0.5, 0.6) is 0 Å². The van der Waals surface area contributed by atoms with Crippen LogP contribution < -0.4 is 0 Å². The molecule has 0 atom stereocenters. The molecule has 0 heterocycles. The van der Waals surface area contributed by atoms with E-state index in [9.17, 15) is 0 Å². The zero-order valence-corrected chi connectivity index (χ0v) is 3.98. The van der Waals surface area contributed by atoms with Crippen molar-refractivity contribution >= 4 is 12.4 Å². The molecule has 0 radical (unpaired) electrons. The first-order chi connectivity index (χ1) is 1.00. The first-order valence-electron chi connectivity index (χ1n) is 0.447. The van der Waals surface area contributed by atoms with Crippen molar-refractivity contribution in [3.05, 3.63) is 0 Å². The summed E-state index contributed by atoms with van der Waals surface area (Å²) in [5.41, 5.74) is 0. The number of rotatable bonds is 0. The van der Waals surface area contributed by atoms with Gasteiger partial charge in [-0.2, -0.15) is 0 Å². The molecule has 0 saturated carbocycles. The second-order valence-electron chi connectivity index (χ2n) is 0. The van der Waals surface area contributed by atoms with Gasteiger partial charge in [-0.1, -0.05) is 0 Å². The Labute approximate surface area is 41.7 Å². The van der Waals surface area contributed by atoms with E-state index in [0.717, 1.165) is 7.11 Å². The minimum absolute atomic E-state index is 0. The van der Waals surface area contributed by atoms with Crippen LogP contribution >= 0.6 is 12.4 Å². The summed E-state index contributed by atoms with van der Waals surface area (Å²) >= 11 is 0. The van der Waals surface area contributed by atoms with Gasteiger partial charge < -0.3 is 5.11 Å². The number of halogens is 1. The van der Waals surface area contributed by atoms with E-state index in [1.807, 2.05) is 0 Å². The summed E-state index contributed by atoms with van der Waals surface area (Å²) in [5.74, 6) is 0. The fourth-order valence-electron chi connectivity index (χ4n) is 0. The Morgan fingerprint density at radius 3 is 1.25 bits per heavy atom. The molecule has 1 N–H and O–H groups in total. The fourth-order valence-corrected chi connectivity index (χ4v) is 0. The van der Waals surface area contributed by atoms with Crippen molar-refractivity contribution in [2.24, 2.45) is 0 Å². The third-order valence-electron chi connectivity index (χ3n) is 0.